The van der Waals surface area contributed by atoms with Crippen molar-refractivity contribution < 1.29 is 15.1 Å². The largest absolute Gasteiger partial charge is 0.393 e. The highest BCUT2D eigenvalue weighted by Crippen LogP contribution is 1.96. The van der Waals surface area contributed by atoms with Crippen LogP contribution in [-0.4, -0.2) is 27.5 Å². The lowest BCUT2D eigenvalue weighted by atomic mass is 10.3. The lowest BCUT2D eigenvalue weighted by molar-refractivity contribution is -0.572. The molecule has 2 N–H and O–H groups in total. The molecule has 0 aromatic rings. The van der Waals surface area contributed by atoms with Gasteiger partial charge in [0.1, 0.15) is 0 Å². The van der Waals surface area contributed by atoms with E-state index in [0.717, 1.165) is 0 Å². The van der Waals surface area contributed by atoms with E-state index in [1.807, 2.05) is 0 Å². The molecule has 0 heterocycles. The first-order valence-corrected chi connectivity index (χ1v) is 2.53. The highest BCUT2D eigenvalue weighted by molar-refractivity contribution is 4.47. The van der Waals surface area contributed by atoms with Crippen LogP contribution in [0.2, 0.25) is 0 Å². The zero-order valence-electron chi connectivity index (χ0n) is 5.02. The van der Waals surface area contributed by atoms with Crippen LogP contribution in [0.25, 0.3) is 0 Å². The molecule has 0 amide bonds. The molecule has 5 heteroatoms. The van der Waals surface area contributed by atoms with Crippen molar-refractivity contribution in [3.05, 3.63) is 10.1 Å². The van der Waals surface area contributed by atoms with Gasteiger partial charge in [-0.1, -0.05) is 0 Å². The molecule has 0 bridgehead atoms. The quantitative estimate of drug-likeness (QED) is 0.306. The van der Waals surface area contributed by atoms with Crippen LogP contribution in [0.3, 0.4) is 0 Å². The molecule has 54 valence electrons. The Kier molecular flexibility index (Phi) is 3.11. The summed E-state index contributed by atoms with van der Waals surface area (Å²) in [5.74, 6) is 0. The van der Waals surface area contributed by atoms with Gasteiger partial charge in [0.15, 0.2) is 0 Å². The van der Waals surface area contributed by atoms with Gasteiger partial charge >= 0.3 is 6.23 Å². The molecule has 0 fully saturated rings. The predicted octanol–water partition coefficient (Wildman–Crippen LogP) is -0.648. The van der Waals surface area contributed by atoms with Crippen molar-refractivity contribution >= 4 is 0 Å². The van der Waals surface area contributed by atoms with Crippen molar-refractivity contribution in [2.45, 2.75) is 25.7 Å². The Labute approximate surface area is 52.1 Å². The Morgan fingerprint density at radius 3 is 2.22 bits per heavy atom. The van der Waals surface area contributed by atoms with E-state index >= 15 is 0 Å². The van der Waals surface area contributed by atoms with Gasteiger partial charge in [0.2, 0.25) is 0 Å². The first kappa shape index (κ1) is 8.32. The summed E-state index contributed by atoms with van der Waals surface area (Å²) < 4.78 is 0. The zero-order valence-corrected chi connectivity index (χ0v) is 5.02. The second kappa shape index (κ2) is 3.37. The topological polar surface area (TPSA) is 83.6 Å². The monoisotopic (exact) mass is 135 g/mol. The number of rotatable bonds is 3. The van der Waals surface area contributed by atoms with Crippen molar-refractivity contribution in [3.63, 3.8) is 0 Å². The molecular formula is C4H9NO4. The fourth-order valence-electron chi connectivity index (χ4n) is 0.391. The minimum Gasteiger partial charge on any atom is -0.393 e. The number of hydrogen-bond donors (Lipinski definition) is 2. The molecule has 0 aromatic heterocycles. The van der Waals surface area contributed by atoms with Crippen LogP contribution >= 0.6 is 0 Å². The molecule has 0 saturated carbocycles. The number of nitrogens with zero attached hydrogens (tertiary/aromatic N) is 1. The van der Waals surface area contributed by atoms with Gasteiger partial charge in [0, 0.05) is 0 Å². The summed E-state index contributed by atoms with van der Waals surface area (Å²) in [6.45, 7) is 1.38. The van der Waals surface area contributed by atoms with Crippen molar-refractivity contribution in [1.29, 1.82) is 0 Å². The first-order valence-electron chi connectivity index (χ1n) is 2.53. The Morgan fingerprint density at radius 2 is 2.11 bits per heavy atom. The van der Waals surface area contributed by atoms with Gasteiger partial charge in [-0.2, -0.15) is 0 Å². The van der Waals surface area contributed by atoms with Crippen molar-refractivity contribution in [1.82, 2.24) is 0 Å². The molecule has 2 unspecified atom stereocenters. The highest BCUT2D eigenvalue weighted by atomic mass is 16.7. The molecule has 0 aliphatic rings. The maximum absolute atomic E-state index is 9.68. The van der Waals surface area contributed by atoms with E-state index < -0.39 is 17.3 Å². The lowest BCUT2D eigenvalue weighted by Crippen LogP contribution is -2.23. The average molecular weight is 135 g/mol. The van der Waals surface area contributed by atoms with Gasteiger partial charge in [0.05, 0.1) is 17.4 Å². The van der Waals surface area contributed by atoms with Crippen molar-refractivity contribution in [2.24, 2.45) is 0 Å². The van der Waals surface area contributed by atoms with Gasteiger partial charge < -0.3 is 10.2 Å². The first-order chi connectivity index (χ1) is 4.04. The number of hydrogen-bond acceptors (Lipinski definition) is 4. The molecule has 0 aromatic carbocycles. The smallest absolute Gasteiger partial charge is 0.315 e. The van der Waals surface area contributed by atoms with E-state index in [1.165, 1.54) is 6.92 Å². The summed E-state index contributed by atoms with van der Waals surface area (Å²) in [5, 5.41) is 26.6. The summed E-state index contributed by atoms with van der Waals surface area (Å²) >= 11 is 0. The van der Waals surface area contributed by atoms with E-state index in [4.69, 9.17) is 10.2 Å². The van der Waals surface area contributed by atoms with Gasteiger partial charge in [-0.05, 0) is 6.92 Å². The second-order valence-electron chi connectivity index (χ2n) is 1.85. The van der Waals surface area contributed by atoms with Crippen LogP contribution in [0.4, 0.5) is 0 Å². The second-order valence-corrected chi connectivity index (χ2v) is 1.85. The average Bonchev–Trinajstić information content (AvgIpc) is 1.63. The van der Waals surface area contributed by atoms with Crippen LogP contribution in [-0.2, 0) is 0 Å². The lowest BCUT2D eigenvalue weighted by Gasteiger charge is -2.03. The molecule has 9 heavy (non-hydrogen) atoms. The van der Waals surface area contributed by atoms with Crippen LogP contribution < -0.4 is 0 Å². The predicted molar refractivity (Wildman–Crippen MR) is 29.3 cm³/mol. The van der Waals surface area contributed by atoms with E-state index in [2.05, 4.69) is 0 Å². The van der Waals surface area contributed by atoms with Crippen LogP contribution in [0.5, 0.6) is 0 Å². The molecule has 0 aliphatic carbocycles. The molecule has 0 rings (SSSR count). The zero-order chi connectivity index (χ0) is 7.44. The third kappa shape index (κ3) is 3.87. The van der Waals surface area contributed by atoms with Gasteiger partial charge in [-0.3, -0.25) is 10.1 Å². The van der Waals surface area contributed by atoms with Crippen LogP contribution in [0.1, 0.15) is 13.3 Å². The Morgan fingerprint density at radius 1 is 1.67 bits per heavy atom. The molecule has 0 aliphatic heterocycles. The Balaban J connectivity index is 3.50. The van der Waals surface area contributed by atoms with E-state index in [9.17, 15) is 10.1 Å². The summed E-state index contributed by atoms with van der Waals surface area (Å²) in [6.07, 6.45) is -2.68. The molecule has 0 saturated heterocycles. The van der Waals surface area contributed by atoms with Gasteiger partial charge in [-0.25, -0.2) is 0 Å². The van der Waals surface area contributed by atoms with E-state index in [1.54, 1.807) is 0 Å². The number of aliphatic hydroxyl groups excluding tert-OH is 2. The maximum Gasteiger partial charge on any atom is 0.315 e. The van der Waals surface area contributed by atoms with Crippen molar-refractivity contribution in [3.8, 4) is 0 Å². The van der Waals surface area contributed by atoms with Crippen LogP contribution in [0.15, 0.2) is 0 Å². The molecule has 0 spiro atoms. The summed E-state index contributed by atoms with van der Waals surface area (Å²) in [6, 6.07) is 0. The summed E-state index contributed by atoms with van der Waals surface area (Å²) in [7, 11) is 0. The number of aliphatic hydroxyl groups is 2. The number of nitro groups is 1. The van der Waals surface area contributed by atoms with Gasteiger partial charge in [0.25, 0.3) is 0 Å². The molecular weight excluding hydrogens is 126 g/mol. The minimum atomic E-state index is -1.63. The van der Waals surface area contributed by atoms with E-state index in [0.29, 0.717) is 0 Å². The Bertz CT molecular complexity index is 103. The van der Waals surface area contributed by atoms with E-state index in [-0.39, 0.29) is 6.42 Å². The highest BCUT2D eigenvalue weighted by Gasteiger charge is 2.16. The SMILES string of the molecule is CC(O)CC(O)[N+](=O)[O-]. The fourth-order valence-corrected chi connectivity index (χ4v) is 0.391. The fraction of sp³-hybridized carbons (Fsp3) is 1.00. The van der Waals surface area contributed by atoms with Gasteiger partial charge in [-0.15, -0.1) is 0 Å². The molecule has 2 atom stereocenters. The Hall–Kier alpha value is -0.680. The standard InChI is InChI=1S/C4H9NO4/c1-3(6)2-4(7)5(8)9/h3-4,6-7H,2H2,1H3. The summed E-state index contributed by atoms with van der Waals surface area (Å²) in [4.78, 5) is 8.84. The third-order valence-electron chi connectivity index (χ3n) is 0.795. The van der Waals surface area contributed by atoms with Crippen LogP contribution in [0, 0.1) is 10.1 Å². The minimum absolute atomic E-state index is 0.215. The summed E-state index contributed by atoms with van der Waals surface area (Å²) in [5.41, 5.74) is 0. The molecule has 0 radical (unpaired) electrons. The maximum atomic E-state index is 9.68. The normalized spacial score (nSPS) is 16.8. The van der Waals surface area contributed by atoms with Crippen molar-refractivity contribution in [2.75, 3.05) is 0 Å². The molecule has 5 nitrogen and oxygen atoms in total. The third-order valence-corrected chi connectivity index (χ3v) is 0.795.